The van der Waals surface area contributed by atoms with Crippen LogP contribution < -0.4 is 10.6 Å². The van der Waals surface area contributed by atoms with Crippen LogP contribution in [0.3, 0.4) is 0 Å². The molecule has 0 radical (unpaired) electrons. The van der Waals surface area contributed by atoms with Gasteiger partial charge in [0.1, 0.15) is 0 Å². The fraction of sp³-hybridized carbons (Fsp3) is 0.273. The summed E-state index contributed by atoms with van der Waals surface area (Å²) < 4.78 is 0. The van der Waals surface area contributed by atoms with Crippen molar-refractivity contribution in [2.24, 2.45) is 0 Å². The summed E-state index contributed by atoms with van der Waals surface area (Å²) in [5, 5.41) is 6.38. The van der Waals surface area contributed by atoms with E-state index in [0.717, 1.165) is 40.5 Å². The van der Waals surface area contributed by atoms with Crippen LogP contribution in [-0.2, 0) is 6.54 Å². The third-order valence-corrected chi connectivity index (χ3v) is 3.47. The van der Waals surface area contributed by atoms with Crippen molar-refractivity contribution in [2.75, 3.05) is 6.54 Å². The van der Waals surface area contributed by atoms with E-state index in [1.54, 1.807) is 12.2 Å². The Morgan fingerprint density at radius 3 is 2.16 bits per heavy atom. The molecule has 2 nitrogen and oxygen atoms in total. The second-order valence-electron chi connectivity index (χ2n) is 5.88. The highest BCUT2D eigenvalue weighted by Gasteiger charge is 2.00. The zero-order valence-electron chi connectivity index (χ0n) is 16.1. The summed E-state index contributed by atoms with van der Waals surface area (Å²) in [6.07, 6.45) is 3.50. The molecule has 136 valence electrons. The van der Waals surface area contributed by atoms with Gasteiger partial charge in [-0.25, -0.2) is 0 Å². The van der Waals surface area contributed by atoms with Crippen molar-refractivity contribution in [1.82, 2.24) is 10.6 Å². The fourth-order valence-corrected chi connectivity index (χ4v) is 2.55. The van der Waals surface area contributed by atoms with Gasteiger partial charge in [-0.2, -0.15) is 0 Å². The molecule has 1 rings (SSSR count). The average Bonchev–Trinajstić information content (AvgIpc) is 2.51. The summed E-state index contributed by atoms with van der Waals surface area (Å²) in [6, 6.07) is 6.35. The third kappa shape index (κ3) is 9.80. The molecule has 3 heteroatoms. The van der Waals surface area contributed by atoms with Crippen molar-refractivity contribution < 1.29 is 0 Å². The largest absolute Gasteiger partial charge is 0.359 e. The van der Waals surface area contributed by atoms with Crippen molar-refractivity contribution in [3.05, 3.63) is 90.3 Å². The van der Waals surface area contributed by atoms with E-state index < -0.39 is 0 Å². The quantitative estimate of drug-likeness (QED) is 0.411. The lowest BCUT2D eigenvalue weighted by Gasteiger charge is -2.11. The van der Waals surface area contributed by atoms with Gasteiger partial charge in [0, 0.05) is 22.8 Å². The first-order valence-corrected chi connectivity index (χ1v) is 8.77. The summed E-state index contributed by atoms with van der Waals surface area (Å²) >= 11 is 4.32. The zero-order valence-corrected chi connectivity index (χ0v) is 17.0. The Hall–Kier alpha value is -1.97. The fourth-order valence-electron chi connectivity index (χ4n) is 2.18. The average molecular weight is 357 g/mol. The molecule has 0 aromatic heterocycles. The molecule has 0 aliphatic rings. The SMILES string of the molecule is C=C/C(NC(=C)C)=C(\C=C)C(=C)C.CCNCc1cc(C)cc(S)c1. The molecule has 0 fully saturated rings. The highest BCUT2D eigenvalue weighted by atomic mass is 32.1. The molecule has 0 aliphatic heterocycles. The molecule has 25 heavy (non-hydrogen) atoms. The van der Waals surface area contributed by atoms with E-state index in [2.05, 4.69) is 81.6 Å². The maximum atomic E-state index is 4.32. The van der Waals surface area contributed by atoms with Crippen molar-refractivity contribution in [2.45, 2.75) is 39.1 Å². The van der Waals surface area contributed by atoms with Crippen molar-refractivity contribution >= 4 is 12.6 Å². The van der Waals surface area contributed by atoms with Crippen LogP contribution in [0.25, 0.3) is 0 Å². The minimum atomic E-state index is 0.871. The molecule has 0 saturated carbocycles. The Kier molecular flexibility index (Phi) is 11.4. The van der Waals surface area contributed by atoms with Gasteiger partial charge in [0.2, 0.25) is 0 Å². The first-order valence-electron chi connectivity index (χ1n) is 8.32. The first-order chi connectivity index (χ1) is 11.7. The van der Waals surface area contributed by atoms with E-state index in [9.17, 15) is 0 Å². The van der Waals surface area contributed by atoms with Crippen LogP contribution in [0.2, 0.25) is 0 Å². The van der Waals surface area contributed by atoms with E-state index in [1.807, 2.05) is 13.8 Å². The molecule has 0 atom stereocenters. The molecular weight excluding hydrogens is 324 g/mol. The smallest absolute Gasteiger partial charge is 0.0451 e. The highest BCUT2D eigenvalue weighted by Crippen LogP contribution is 2.14. The number of hydrogen-bond donors (Lipinski definition) is 3. The number of aryl methyl sites for hydroxylation is 1. The molecule has 0 saturated heterocycles. The summed E-state index contributed by atoms with van der Waals surface area (Å²) in [6.45, 7) is 25.0. The zero-order chi connectivity index (χ0) is 19.4. The lowest BCUT2D eigenvalue weighted by molar-refractivity contribution is 0.725. The number of rotatable bonds is 8. The second kappa shape index (κ2) is 12.4. The van der Waals surface area contributed by atoms with Crippen molar-refractivity contribution in [3.63, 3.8) is 0 Å². The number of thiol groups is 1. The van der Waals surface area contributed by atoms with Gasteiger partial charge in [0.25, 0.3) is 0 Å². The minimum absolute atomic E-state index is 0.871. The topological polar surface area (TPSA) is 24.1 Å². The lowest BCUT2D eigenvalue weighted by Crippen LogP contribution is -2.11. The Bertz CT molecular complexity index is 634. The molecule has 2 N–H and O–H groups in total. The first kappa shape index (κ1) is 23.0. The van der Waals surface area contributed by atoms with Crippen LogP contribution in [0, 0.1) is 6.92 Å². The van der Waals surface area contributed by atoms with Gasteiger partial charge >= 0.3 is 0 Å². The molecule has 0 bridgehead atoms. The second-order valence-corrected chi connectivity index (χ2v) is 6.39. The van der Waals surface area contributed by atoms with Crippen LogP contribution in [-0.4, -0.2) is 6.54 Å². The van der Waals surface area contributed by atoms with Crippen molar-refractivity contribution in [3.8, 4) is 0 Å². The Morgan fingerprint density at radius 1 is 1.12 bits per heavy atom. The Balaban J connectivity index is 0.000000462. The van der Waals surface area contributed by atoms with Gasteiger partial charge in [0.05, 0.1) is 0 Å². The molecule has 1 aromatic carbocycles. The van der Waals surface area contributed by atoms with Crippen LogP contribution in [0.15, 0.2) is 84.1 Å². The van der Waals surface area contributed by atoms with Gasteiger partial charge in [-0.05, 0) is 67.8 Å². The van der Waals surface area contributed by atoms with Gasteiger partial charge < -0.3 is 10.6 Å². The molecule has 0 heterocycles. The molecule has 1 aromatic rings. The summed E-state index contributed by atoms with van der Waals surface area (Å²) in [4.78, 5) is 1.04. The summed E-state index contributed by atoms with van der Waals surface area (Å²) in [5.74, 6) is 0. The molecule has 0 amide bonds. The van der Waals surface area contributed by atoms with Crippen LogP contribution in [0.1, 0.15) is 31.9 Å². The Labute approximate surface area is 159 Å². The summed E-state index contributed by atoms with van der Waals surface area (Å²) in [7, 11) is 0. The van der Waals surface area contributed by atoms with E-state index >= 15 is 0 Å². The van der Waals surface area contributed by atoms with Gasteiger partial charge in [-0.15, -0.1) is 12.6 Å². The molecular formula is C22H32N2S. The standard InChI is InChI=1S/C12H17N.C10H15NS/c1-7-11(9(3)4)12(8-2)13-10(5)6;1-3-11-7-9-4-8(2)5-10(12)6-9/h7-8,13H,1-3,5H2,4,6H3;4-6,11-12H,3,7H2,1-2H3/b12-11-;. The number of nitrogens with one attached hydrogen (secondary N) is 2. The number of allylic oxidation sites excluding steroid dienone is 5. The minimum Gasteiger partial charge on any atom is -0.359 e. The van der Waals surface area contributed by atoms with E-state index in [4.69, 9.17) is 0 Å². The lowest BCUT2D eigenvalue weighted by atomic mass is 10.1. The van der Waals surface area contributed by atoms with E-state index in [0.29, 0.717) is 0 Å². The Morgan fingerprint density at radius 2 is 1.76 bits per heavy atom. The normalized spacial score (nSPS) is 10.8. The predicted octanol–water partition coefficient (Wildman–Crippen LogP) is 5.71. The maximum Gasteiger partial charge on any atom is 0.0451 e. The van der Waals surface area contributed by atoms with Crippen LogP contribution in [0.4, 0.5) is 0 Å². The number of hydrogen-bond acceptors (Lipinski definition) is 3. The monoisotopic (exact) mass is 356 g/mol. The maximum absolute atomic E-state index is 4.32. The van der Waals surface area contributed by atoms with Crippen molar-refractivity contribution in [1.29, 1.82) is 0 Å². The van der Waals surface area contributed by atoms with E-state index in [1.165, 1.54) is 11.1 Å². The molecule has 0 unspecified atom stereocenters. The highest BCUT2D eigenvalue weighted by molar-refractivity contribution is 7.80. The third-order valence-electron chi connectivity index (χ3n) is 3.21. The van der Waals surface area contributed by atoms with Crippen LogP contribution in [0.5, 0.6) is 0 Å². The molecule has 0 spiro atoms. The molecule has 0 aliphatic carbocycles. The van der Waals surface area contributed by atoms with Gasteiger partial charge in [0.15, 0.2) is 0 Å². The van der Waals surface area contributed by atoms with Gasteiger partial charge in [-0.3, -0.25) is 0 Å². The van der Waals surface area contributed by atoms with Crippen LogP contribution >= 0.6 is 12.6 Å². The predicted molar refractivity (Wildman–Crippen MR) is 116 cm³/mol. The summed E-state index contributed by atoms with van der Waals surface area (Å²) in [5.41, 5.74) is 6.28. The van der Waals surface area contributed by atoms with E-state index in [-0.39, 0.29) is 0 Å². The number of benzene rings is 1. The van der Waals surface area contributed by atoms with Gasteiger partial charge in [-0.1, -0.05) is 45.4 Å².